The molecule has 0 aliphatic rings. The number of fused-ring (bicyclic) bond motifs is 1. The maximum atomic E-state index is 12.5. The third-order valence-corrected chi connectivity index (χ3v) is 4.24. The molecular formula is C18H25N3O. The van der Waals surface area contributed by atoms with Gasteiger partial charge in [0.15, 0.2) is 0 Å². The molecule has 0 saturated carbocycles. The molecular weight excluding hydrogens is 274 g/mol. The van der Waals surface area contributed by atoms with Crippen LogP contribution in [0.1, 0.15) is 25.8 Å². The number of rotatable bonds is 6. The third-order valence-electron chi connectivity index (χ3n) is 4.24. The van der Waals surface area contributed by atoms with Crippen molar-refractivity contribution in [2.45, 2.75) is 26.3 Å². The summed E-state index contributed by atoms with van der Waals surface area (Å²) in [4.78, 5) is 17.4. The van der Waals surface area contributed by atoms with Gasteiger partial charge in [-0.15, -0.1) is 0 Å². The number of H-pyrrole nitrogens is 1. The molecule has 2 atom stereocenters. The Balaban J connectivity index is 2.13. The van der Waals surface area contributed by atoms with E-state index in [0.29, 0.717) is 5.92 Å². The van der Waals surface area contributed by atoms with Gasteiger partial charge in [0.25, 0.3) is 0 Å². The van der Waals surface area contributed by atoms with Crippen LogP contribution >= 0.6 is 0 Å². The quantitative estimate of drug-likeness (QED) is 0.860. The van der Waals surface area contributed by atoms with Crippen LogP contribution in [0.15, 0.2) is 36.7 Å². The van der Waals surface area contributed by atoms with Crippen molar-refractivity contribution in [1.29, 1.82) is 0 Å². The summed E-state index contributed by atoms with van der Waals surface area (Å²) < 4.78 is 0. The van der Waals surface area contributed by atoms with Gasteiger partial charge in [-0.3, -0.25) is 4.79 Å². The molecule has 1 unspecified atom stereocenters. The molecule has 2 N–H and O–H groups in total. The van der Waals surface area contributed by atoms with Crippen molar-refractivity contribution in [3.05, 3.63) is 42.2 Å². The summed E-state index contributed by atoms with van der Waals surface area (Å²) >= 11 is 0. The normalized spacial score (nSPS) is 14.4. The highest BCUT2D eigenvalue weighted by Crippen LogP contribution is 2.19. The summed E-state index contributed by atoms with van der Waals surface area (Å²) in [7, 11) is 3.65. The Labute approximate surface area is 132 Å². The van der Waals surface area contributed by atoms with Gasteiger partial charge in [0.1, 0.15) is 0 Å². The lowest BCUT2D eigenvalue weighted by Gasteiger charge is -2.25. The standard InChI is InChI=1S/C18H25N3O/c1-5-13(2)17(19-3)18(22)21(4)11-10-14-12-20-16-9-7-6-8-15(14)16/h6-13,17,19-20H,5H2,1-4H3/b11-10-/t13?,17-/m0/s1. The fourth-order valence-electron chi connectivity index (χ4n) is 2.60. The molecule has 4 nitrogen and oxygen atoms in total. The van der Waals surface area contributed by atoms with E-state index in [1.54, 1.807) is 11.9 Å². The molecule has 0 radical (unpaired) electrons. The number of carbonyl (C=O) groups is 1. The summed E-state index contributed by atoms with van der Waals surface area (Å²) in [6.07, 6.45) is 6.74. The maximum Gasteiger partial charge on any atom is 0.243 e. The highest BCUT2D eigenvalue weighted by molar-refractivity contribution is 5.89. The van der Waals surface area contributed by atoms with Crippen molar-refractivity contribution in [3.63, 3.8) is 0 Å². The number of nitrogens with zero attached hydrogens (tertiary/aromatic N) is 1. The Morgan fingerprint density at radius 1 is 1.41 bits per heavy atom. The highest BCUT2D eigenvalue weighted by atomic mass is 16.2. The molecule has 0 bridgehead atoms. The lowest BCUT2D eigenvalue weighted by Crippen LogP contribution is -2.45. The van der Waals surface area contributed by atoms with Crippen LogP contribution in [0, 0.1) is 5.92 Å². The molecule has 1 heterocycles. The number of para-hydroxylation sites is 1. The lowest BCUT2D eigenvalue weighted by molar-refractivity contribution is -0.130. The fraction of sp³-hybridized carbons (Fsp3) is 0.389. The van der Waals surface area contributed by atoms with Gasteiger partial charge in [-0.1, -0.05) is 38.5 Å². The minimum Gasteiger partial charge on any atom is -0.361 e. The summed E-state index contributed by atoms with van der Waals surface area (Å²) in [6, 6.07) is 7.99. The summed E-state index contributed by atoms with van der Waals surface area (Å²) in [5.41, 5.74) is 2.18. The molecule has 118 valence electrons. The zero-order valence-corrected chi connectivity index (χ0v) is 13.8. The molecule has 1 aromatic carbocycles. The highest BCUT2D eigenvalue weighted by Gasteiger charge is 2.24. The molecule has 0 fully saturated rings. The van der Waals surface area contributed by atoms with Crippen molar-refractivity contribution >= 4 is 22.9 Å². The molecule has 2 aromatic rings. The van der Waals surface area contributed by atoms with Gasteiger partial charge in [-0.05, 0) is 25.1 Å². The Morgan fingerprint density at radius 2 is 2.14 bits per heavy atom. The van der Waals surface area contributed by atoms with Gasteiger partial charge < -0.3 is 15.2 Å². The van der Waals surface area contributed by atoms with Crippen LogP contribution in [0.2, 0.25) is 0 Å². The van der Waals surface area contributed by atoms with E-state index in [2.05, 4.69) is 30.2 Å². The number of carbonyl (C=O) groups excluding carboxylic acids is 1. The Hall–Kier alpha value is -2.07. The van der Waals surface area contributed by atoms with E-state index in [1.807, 2.05) is 43.7 Å². The average Bonchev–Trinajstić information content (AvgIpc) is 2.96. The van der Waals surface area contributed by atoms with Gasteiger partial charge in [0, 0.05) is 35.9 Å². The van der Waals surface area contributed by atoms with E-state index < -0.39 is 0 Å². The number of aromatic amines is 1. The Morgan fingerprint density at radius 3 is 2.82 bits per heavy atom. The number of hydrogen-bond acceptors (Lipinski definition) is 2. The fourth-order valence-corrected chi connectivity index (χ4v) is 2.60. The smallest absolute Gasteiger partial charge is 0.243 e. The Kier molecular flexibility index (Phi) is 5.39. The largest absolute Gasteiger partial charge is 0.361 e. The zero-order chi connectivity index (χ0) is 16.1. The number of likely N-dealkylation sites (N-methyl/N-ethyl adjacent to an activating group) is 2. The maximum absolute atomic E-state index is 12.5. The van der Waals surface area contributed by atoms with Crippen LogP contribution in [-0.2, 0) is 4.79 Å². The SMILES string of the molecule is CCC(C)[C@H](NC)C(=O)N(C)/C=C\c1c[nH]c2ccccc12. The van der Waals surface area contributed by atoms with Gasteiger partial charge in [0.05, 0.1) is 6.04 Å². The van der Waals surface area contributed by atoms with Crippen LogP contribution in [0.5, 0.6) is 0 Å². The first-order valence-electron chi connectivity index (χ1n) is 7.76. The first-order valence-corrected chi connectivity index (χ1v) is 7.76. The number of hydrogen-bond donors (Lipinski definition) is 2. The predicted molar refractivity (Wildman–Crippen MR) is 92.4 cm³/mol. The van der Waals surface area contributed by atoms with Crippen LogP contribution in [0.3, 0.4) is 0 Å². The van der Waals surface area contributed by atoms with Crippen LogP contribution in [-0.4, -0.2) is 35.9 Å². The van der Waals surface area contributed by atoms with E-state index >= 15 is 0 Å². The van der Waals surface area contributed by atoms with Crippen molar-refractivity contribution in [2.24, 2.45) is 5.92 Å². The minimum absolute atomic E-state index is 0.0907. The number of benzene rings is 1. The molecule has 0 saturated heterocycles. The molecule has 0 aliphatic heterocycles. The summed E-state index contributed by atoms with van der Waals surface area (Å²) in [5, 5.41) is 4.28. The molecule has 2 rings (SSSR count). The molecule has 22 heavy (non-hydrogen) atoms. The third kappa shape index (κ3) is 3.39. The predicted octanol–water partition coefficient (Wildman–Crippen LogP) is 3.23. The van der Waals surface area contributed by atoms with Crippen LogP contribution < -0.4 is 5.32 Å². The van der Waals surface area contributed by atoms with Gasteiger partial charge in [-0.25, -0.2) is 0 Å². The van der Waals surface area contributed by atoms with Gasteiger partial charge in [-0.2, -0.15) is 0 Å². The molecule has 0 aliphatic carbocycles. The Bertz CT molecular complexity index is 659. The average molecular weight is 299 g/mol. The number of amides is 1. The first kappa shape index (κ1) is 16.3. The number of nitrogens with one attached hydrogen (secondary N) is 2. The van der Waals surface area contributed by atoms with Crippen molar-refractivity contribution in [2.75, 3.05) is 14.1 Å². The summed E-state index contributed by atoms with van der Waals surface area (Å²) in [6.45, 7) is 4.19. The van der Waals surface area contributed by atoms with E-state index in [1.165, 1.54) is 0 Å². The van der Waals surface area contributed by atoms with E-state index in [4.69, 9.17) is 0 Å². The van der Waals surface area contributed by atoms with Crippen molar-refractivity contribution < 1.29 is 4.79 Å². The first-order chi connectivity index (χ1) is 10.6. The molecule has 0 spiro atoms. The van der Waals surface area contributed by atoms with Gasteiger partial charge in [0.2, 0.25) is 5.91 Å². The van der Waals surface area contributed by atoms with Crippen LogP contribution in [0.4, 0.5) is 0 Å². The van der Waals surface area contributed by atoms with Crippen molar-refractivity contribution in [1.82, 2.24) is 15.2 Å². The molecule has 1 aromatic heterocycles. The van der Waals surface area contributed by atoms with Gasteiger partial charge >= 0.3 is 0 Å². The monoisotopic (exact) mass is 299 g/mol. The zero-order valence-electron chi connectivity index (χ0n) is 13.8. The second-order valence-corrected chi connectivity index (χ2v) is 5.71. The topological polar surface area (TPSA) is 48.1 Å². The van der Waals surface area contributed by atoms with E-state index in [9.17, 15) is 4.79 Å². The minimum atomic E-state index is -0.150. The molecule has 4 heteroatoms. The lowest BCUT2D eigenvalue weighted by atomic mass is 9.98. The second-order valence-electron chi connectivity index (χ2n) is 5.71. The second kappa shape index (κ2) is 7.27. The summed E-state index contributed by atoms with van der Waals surface area (Å²) in [5.74, 6) is 0.398. The van der Waals surface area contributed by atoms with E-state index in [0.717, 1.165) is 22.9 Å². The molecule has 1 amide bonds. The van der Waals surface area contributed by atoms with E-state index in [-0.39, 0.29) is 11.9 Å². The number of aromatic nitrogens is 1. The van der Waals surface area contributed by atoms with Crippen LogP contribution in [0.25, 0.3) is 17.0 Å². The van der Waals surface area contributed by atoms with Crippen molar-refractivity contribution in [3.8, 4) is 0 Å².